The number of hydrogen-bond donors (Lipinski definition) is 0. The summed E-state index contributed by atoms with van der Waals surface area (Å²) in [6.07, 6.45) is 5.46. The molecule has 0 bridgehead atoms. The number of terminal acetylenes is 1. The lowest BCUT2D eigenvalue weighted by Gasteiger charge is -2.04. The Kier molecular flexibility index (Phi) is 6.52. The highest BCUT2D eigenvalue weighted by atomic mass is 32.2. The van der Waals surface area contributed by atoms with Gasteiger partial charge in [0.05, 0.1) is 29.1 Å². The van der Waals surface area contributed by atoms with Gasteiger partial charge < -0.3 is 9.30 Å². The van der Waals surface area contributed by atoms with E-state index in [2.05, 4.69) is 10.9 Å². The van der Waals surface area contributed by atoms with Crippen LogP contribution in [0.4, 0.5) is 0 Å². The number of hydrogen-bond acceptors (Lipinski definition) is 5. The lowest BCUT2D eigenvalue weighted by Crippen LogP contribution is -2.21. The topological polar surface area (TPSA) is 77.7 Å². The van der Waals surface area contributed by atoms with E-state index in [0.29, 0.717) is 22.7 Å². The van der Waals surface area contributed by atoms with Crippen molar-refractivity contribution < 1.29 is 17.9 Å². The second kappa shape index (κ2) is 9.07. The highest BCUT2D eigenvalue weighted by Crippen LogP contribution is 2.23. The molecule has 0 saturated carbocycles. The Morgan fingerprint density at radius 2 is 2.00 bits per heavy atom. The van der Waals surface area contributed by atoms with Gasteiger partial charge in [0.25, 0.3) is 5.91 Å². The number of thiazole rings is 1. The summed E-state index contributed by atoms with van der Waals surface area (Å²) in [6, 6.07) is 14.3. The van der Waals surface area contributed by atoms with Crippen LogP contribution in [-0.2, 0) is 26.9 Å². The molecule has 1 aromatic heterocycles. The molecule has 0 aliphatic rings. The third-order valence-corrected chi connectivity index (χ3v) is 6.51. The van der Waals surface area contributed by atoms with Crippen LogP contribution in [0.25, 0.3) is 10.2 Å². The first-order chi connectivity index (χ1) is 13.9. The molecule has 0 aliphatic carbocycles. The molecule has 3 rings (SSSR count). The molecular weight excluding hydrogens is 408 g/mol. The molecule has 8 heteroatoms. The van der Waals surface area contributed by atoms with Crippen molar-refractivity contribution in [2.75, 3.05) is 12.4 Å². The van der Waals surface area contributed by atoms with Crippen molar-refractivity contribution in [1.29, 1.82) is 0 Å². The van der Waals surface area contributed by atoms with E-state index in [1.54, 1.807) is 34.9 Å². The molecule has 0 N–H and O–H groups in total. The first-order valence-electron chi connectivity index (χ1n) is 8.93. The number of benzene rings is 2. The zero-order valence-corrected chi connectivity index (χ0v) is 17.5. The summed E-state index contributed by atoms with van der Waals surface area (Å²) in [5, 5.41) is 0. The lowest BCUT2D eigenvalue weighted by atomic mass is 10.2. The van der Waals surface area contributed by atoms with Crippen LogP contribution in [0.1, 0.15) is 12.5 Å². The number of rotatable bonds is 7. The van der Waals surface area contributed by atoms with Gasteiger partial charge in [-0.15, -0.1) is 6.42 Å². The van der Waals surface area contributed by atoms with Gasteiger partial charge in [0, 0.05) is 0 Å². The van der Waals surface area contributed by atoms with E-state index in [4.69, 9.17) is 11.2 Å². The second-order valence-corrected chi connectivity index (χ2v) is 9.33. The molecule has 1 amide bonds. The Morgan fingerprint density at radius 1 is 1.24 bits per heavy atom. The van der Waals surface area contributed by atoms with Gasteiger partial charge in [-0.05, 0) is 30.7 Å². The quantitative estimate of drug-likeness (QED) is 0.542. The van der Waals surface area contributed by atoms with Crippen molar-refractivity contribution in [2.45, 2.75) is 19.2 Å². The third kappa shape index (κ3) is 5.34. The molecule has 0 aliphatic heterocycles. The van der Waals surface area contributed by atoms with Gasteiger partial charge in [0.15, 0.2) is 14.6 Å². The number of carbonyl (C=O) groups excluding carboxylic acids is 1. The van der Waals surface area contributed by atoms with E-state index < -0.39 is 21.5 Å². The van der Waals surface area contributed by atoms with Gasteiger partial charge in [-0.25, -0.2) is 8.42 Å². The van der Waals surface area contributed by atoms with E-state index in [-0.39, 0.29) is 12.3 Å². The van der Waals surface area contributed by atoms with Crippen LogP contribution < -0.4 is 9.54 Å². The minimum absolute atomic E-state index is 0.205. The predicted molar refractivity (Wildman–Crippen MR) is 114 cm³/mol. The third-order valence-electron chi connectivity index (χ3n) is 4.01. The summed E-state index contributed by atoms with van der Waals surface area (Å²) in [7, 11) is -3.63. The fourth-order valence-electron chi connectivity index (χ4n) is 2.85. The number of aromatic nitrogens is 1. The van der Waals surface area contributed by atoms with E-state index >= 15 is 0 Å². The first-order valence-corrected chi connectivity index (χ1v) is 11.6. The fourth-order valence-corrected chi connectivity index (χ4v) is 5.16. The van der Waals surface area contributed by atoms with E-state index in [1.165, 1.54) is 11.3 Å². The molecule has 29 heavy (non-hydrogen) atoms. The average molecular weight is 429 g/mol. The number of amides is 1. The van der Waals surface area contributed by atoms with E-state index in [9.17, 15) is 13.2 Å². The number of carbonyl (C=O) groups is 1. The Hall–Kier alpha value is -2.89. The minimum Gasteiger partial charge on any atom is -0.494 e. The molecule has 0 unspecified atom stereocenters. The van der Waals surface area contributed by atoms with Crippen LogP contribution in [-0.4, -0.2) is 31.3 Å². The van der Waals surface area contributed by atoms with Crippen LogP contribution in [0.5, 0.6) is 5.75 Å². The van der Waals surface area contributed by atoms with E-state index in [0.717, 1.165) is 10.2 Å². The zero-order chi connectivity index (χ0) is 20.9. The Labute approximate surface area is 173 Å². The molecule has 6 nitrogen and oxygen atoms in total. The normalized spacial score (nSPS) is 12.1. The molecule has 0 spiro atoms. The van der Waals surface area contributed by atoms with Crippen molar-refractivity contribution in [3.63, 3.8) is 0 Å². The Balaban J connectivity index is 1.90. The Bertz CT molecular complexity index is 1230. The van der Waals surface area contributed by atoms with Crippen molar-refractivity contribution in [3.8, 4) is 18.1 Å². The average Bonchev–Trinajstić information content (AvgIpc) is 2.98. The molecular formula is C21H20N2O4S2. The highest BCUT2D eigenvalue weighted by molar-refractivity contribution is 7.91. The summed E-state index contributed by atoms with van der Waals surface area (Å²) in [6.45, 7) is 2.65. The van der Waals surface area contributed by atoms with Gasteiger partial charge in [0.1, 0.15) is 11.5 Å². The van der Waals surface area contributed by atoms with E-state index in [1.807, 2.05) is 25.1 Å². The van der Waals surface area contributed by atoms with Crippen LogP contribution >= 0.6 is 11.3 Å². The molecule has 0 fully saturated rings. The molecule has 3 aromatic rings. The number of fused-ring (bicyclic) bond motifs is 1. The number of nitrogens with zero attached hydrogens (tertiary/aromatic N) is 2. The van der Waals surface area contributed by atoms with Crippen LogP contribution in [0.15, 0.2) is 53.5 Å². The molecule has 1 heterocycles. The van der Waals surface area contributed by atoms with Crippen molar-refractivity contribution in [1.82, 2.24) is 4.57 Å². The largest absolute Gasteiger partial charge is 0.494 e. The summed E-state index contributed by atoms with van der Waals surface area (Å²) in [4.78, 5) is 16.8. The lowest BCUT2D eigenvalue weighted by molar-refractivity contribution is -0.115. The zero-order valence-electron chi connectivity index (χ0n) is 15.9. The van der Waals surface area contributed by atoms with Crippen LogP contribution in [0.3, 0.4) is 0 Å². The predicted octanol–water partition coefficient (Wildman–Crippen LogP) is 2.78. The Morgan fingerprint density at radius 3 is 2.69 bits per heavy atom. The first kappa shape index (κ1) is 20.8. The summed E-state index contributed by atoms with van der Waals surface area (Å²) in [5.74, 6) is 1.67. The fraction of sp³-hybridized carbons (Fsp3) is 0.238. The smallest absolute Gasteiger partial charge is 0.263 e. The molecule has 0 saturated heterocycles. The van der Waals surface area contributed by atoms with Gasteiger partial charge in [-0.2, -0.15) is 4.99 Å². The highest BCUT2D eigenvalue weighted by Gasteiger charge is 2.18. The maximum absolute atomic E-state index is 12.4. The molecule has 0 atom stereocenters. The van der Waals surface area contributed by atoms with Crippen molar-refractivity contribution >= 4 is 37.3 Å². The van der Waals surface area contributed by atoms with Crippen LogP contribution in [0.2, 0.25) is 0 Å². The second-order valence-electron chi connectivity index (χ2n) is 6.26. The van der Waals surface area contributed by atoms with Gasteiger partial charge in [-0.3, -0.25) is 4.79 Å². The molecule has 150 valence electrons. The molecule has 2 aromatic carbocycles. The molecule has 0 radical (unpaired) electrons. The van der Waals surface area contributed by atoms with Crippen LogP contribution in [0, 0.1) is 12.3 Å². The summed E-state index contributed by atoms with van der Waals surface area (Å²) >= 11 is 1.27. The maximum Gasteiger partial charge on any atom is 0.263 e. The number of ether oxygens (including phenoxy) is 1. The summed E-state index contributed by atoms with van der Waals surface area (Å²) in [5.41, 5.74) is 1.45. The van der Waals surface area contributed by atoms with Crippen molar-refractivity contribution in [3.05, 3.63) is 58.9 Å². The summed E-state index contributed by atoms with van der Waals surface area (Å²) < 4.78 is 32.8. The standard InChI is InChI=1S/C21H20N2O4S2/c1-3-12-23-18-11-10-17(27-4-2)13-19(18)28-21(23)22-20(24)15-29(25,26)14-16-8-6-5-7-9-16/h1,5-11,13H,4,12,14-15H2,2H3. The van der Waals surface area contributed by atoms with Gasteiger partial charge >= 0.3 is 0 Å². The minimum atomic E-state index is -3.63. The van der Waals surface area contributed by atoms with Gasteiger partial charge in [-0.1, -0.05) is 47.6 Å². The van der Waals surface area contributed by atoms with Crippen molar-refractivity contribution in [2.24, 2.45) is 4.99 Å². The monoisotopic (exact) mass is 428 g/mol. The SMILES string of the molecule is C#CCn1c(=NC(=O)CS(=O)(=O)Cc2ccccc2)sc2cc(OCC)ccc21. The number of sulfone groups is 1. The maximum atomic E-state index is 12.4. The van der Waals surface area contributed by atoms with Gasteiger partial charge in [0.2, 0.25) is 0 Å².